The molecule has 4 aromatic rings. The third kappa shape index (κ3) is 8.85. The molecule has 0 unspecified atom stereocenters. The van der Waals surface area contributed by atoms with Gasteiger partial charge in [0.05, 0.1) is 43.4 Å². The van der Waals surface area contributed by atoms with E-state index < -0.39 is 34.0 Å². The van der Waals surface area contributed by atoms with Gasteiger partial charge in [-0.05, 0) is 80.9 Å². The van der Waals surface area contributed by atoms with Crippen LogP contribution in [0.4, 0.5) is 20.6 Å². The third-order valence-electron chi connectivity index (χ3n) is 8.68. The Hall–Kier alpha value is -4.99. The number of carbonyl (C=O) groups excluding carboxylic acids is 2. The molecule has 0 fully saturated rings. The van der Waals surface area contributed by atoms with Crippen molar-refractivity contribution in [3.8, 4) is 11.5 Å². The Labute approximate surface area is 296 Å². The first kappa shape index (κ1) is 37.3. The number of fused-ring (bicyclic) bond motifs is 1. The molecular formula is C36H42FN5O8S. The van der Waals surface area contributed by atoms with E-state index in [1.165, 1.54) is 25.2 Å². The molecule has 0 saturated carbocycles. The summed E-state index contributed by atoms with van der Waals surface area (Å²) in [5.41, 5.74) is 2.37. The topological polar surface area (TPSA) is 153 Å². The summed E-state index contributed by atoms with van der Waals surface area (Å²) in [6, 6.07) is 15.8. The van der Waals surface area contributed by atoms with Gasteiger partial charge in [0, 0.05) is 25.2 Å². The van der Waals surface area contributed by atoms with Crippen LogP contribution in [0, 0.1) is 25.6 Å². The summed E-state index contributed by atoms with van der Waals surface area (Å²) in [5, 5.41) is 9.31. The van der Waals surface area contributed by atoms with E-state index >= 15 is 0 Å². The Balaban J connectivity index is 1.40. The average Bonchev–Trinajstić information content (AvgIpc) is 3.42. The number of anilines is 2. The number of aromatic nitrogens is 1. The number of carbonyl (C=O) groups is 2. The molecular weight excluding hydrogens is 681 g/mol. The van der Waals surface area contributed by atoms with Gasteiger partial charge in [0.15, 0.2) is 5.76 Å². The lowest BCUT2D eigenvalue weighted by molar-refractivity contribution is 0.0234. The summed E-state index contributed by atoms with van der Waals surface area (Å²) in [5.74, 6) is 0.154. The van der Waals surface area contributed by atoms with Gasteiger partial charge in [-0.2, -0.15) is 4.31 Å². The number of sulfonamides is 1. The minimum Gasteiger partial charge on any atom is -0.497 e. The molecule has 0 saturated heterocycles. The Morgan fingerprint density at radius 1 is 1.10 bits per heavy atom. The van der Waals surface area contributed by atoms with Crippen molar-refractivity contribution in [1.82, 2.24) is 14.4 Å². The summed E-state index contributed by atoms with van der Waals surface area (Å²) >= 11 is 0. The first-order valence-electron chi connectivity index (χ1n) is 16.3. The lowest BCUT2D eigenvalue weighted by Gasteiger charge is -2.38. The molecule has 15 heteroatoms. The van der Waals surface area contributed by atoms with Crippen LogP contribution in [-0.2, 0) is 21.4 Å². The predicted molar refractivity (Wildman–Crippen MR) is 188 cm³/mol. The van der Waals surface area contributed by atoms with E-state index in [1.807, 2.05) is 38.1 Å². The van der Waals surface area contributed by atoms with Gasteiger partial charge in [-0.1, -0.05) is 24.2 Å². The van der Waals surface area contributed by atoms with E-state index in [2.05, 4.69) is 15.8 Å². The number of ether oxygens (including phenoxy) is 3. The number of amides is 3. The molecule has 3 amide bonds. The maximum atomic E-state index is 14.3. The number of hydrogen-bond donors (Lipinski definition) is 2. The van der Waals surface area contributed by atoms with Gasteiger partial charge in [0.1, 0.15) is 34.8 Å². The molecule has 1 aliphatic heterocycles. The van der Waals surface area contributed by atoms with Crippen molar-refractivity contribution >= 4 is 33.3 Å². The van der Waals surface area contributed by atoms with Gasteiger partial charge >= 0.3 is 6.03 Å². The van der Waals surface area contributed by atoms with E-state index in [9.17, 15) is 22.4 Å². The van der Waals surface area contributed by atoms with Crippen molar-refractivity contribution in [2.45, 2.75) is 51.3 Å². The summed E-state index contributed by atoms with van der Waals surface area (Å²) in [4.78, 5) is 28.8. The monoisotopic (exact) mass is 723 g/mol. The third-order valence-corrected chi connectivity index (χ3v) is 10.5. The average molecular weight is 724 g/mol. The number of urea groups is 1. The van der Waals surface area contributed by atoms with Gasteiger partial charge in [-0.25, -0.2) is 17.6 Å². The zero-order chi connectivity index (χ0) is 36.9. The largest absolute Gasteiger partial charge is 0.497 e. The van der Waals surface area contributed by atoms with E-state index in [1.54, 1.807) is 38.0 Å². The lowest BCUT2D eigenvalue weighted by atomic mass is 9.99. The smallest absolute Gasteiger partial charge is 0.323 e. The number of methoxy groups -OCH3 is 1. The second-order valence-corrected chi connectivity index (χ2v) is 14.6. The number of aryl methyl sites for hydroxylation is 2. The molecule has 0 spiro atoms. The summed E-state index contributed by atoms with van der Waals surface area (Å²) < 4.78 is 64.3. The van der Waals surface area contributed by atoms with Crippen molar-refractivity contribution in [2.75, 3.05) is 44.5 Å². The Morgan fingerprint density at radius 2 is 1.80 bits per heavy atom. The van der Waals surface area contributed by atoms with Crippen molar-refractivity contribution in [2.24, 2.45) is 5.92 Å². The summed E-state index contributed by atoms with van der Waals surface area (Å²) in [6.07, 6.45) is -0.700. The van der Waals surface area contributed by atoms with E-state index in [4.69, 9.17) is 18.7 Å². The molecule has 3 aromatic carbocycles. The van der Waals surface area contributed by atoms with Gasteiger partial charge in [0.2, 0.25) is 10.0 Å². The molecule has 5 rings (SSSR count). The Morgan fingerprint density at radius 3 is 2.45 bits per heavy atom. The summed E-state index contributed by atoms with van der Waals surface area (Å²) in [7, 11) is -0.971. The highest BCUT2D eigenvalue weighted by Crippen LogP contribution is 2.32. The molecule has 2 heterocycles. The van der Waals surface area contributed by atoms with Crippen molar-refractivity contribution in [3.05, 3.63) is 95.1 Å². The molecule has 51 heavy (non-hydrogen) atoms. The van der Waals surface area contributed by atoms with Crippen LogP contribution in [-0.4, -0.2) is 80.7 Å². The number of nitrogens with zero attached hydrogens (tertiary/aromatic N) is 3. The Kier molecular flexibility index (Phi) is 11.6. The fourth-order valence-corrected chi connectivity index (χ4v) is 6.84. The van der Waals surface area contributed by atoms with Gasteiger partial charge in [0.25, 0.3) is 5.91 Å². The maximum absolute atomic E-state index is 14.3. The maximum Gasteiger partial charge on any atom is 0.323 e. The molecule has 2 N–H and O–H groups in total. The first-order chi connectivity index (χ1) is 24.3. The van der Waals surface area contributed by atoms with E-state index in [0.717, 1.165) is 27.8 Å². The molecule has 0 bridgehead atoms. The van der Waals surface area contributed by atoms with Crippen LogP contribution < -0.4 is 20.1 Å². The number of benzene rings is 3. The van der Waals surface area contributed by atoms with Gasteiger partial charge in [-0.15, -0.1) is 0 Å². The van der Waals surface area contributed by atoms with Crippen molar-refractivity contribution in [3.63, 3.8) is 0 Å². The molecule has 1 aliphatic rings. The molecule has 0 aliphatic carbocycles. The highest BCUT2D eigenvalue weighted by Gasteiger charge is 2.35. The first-order valence-corrected chi connectivity index (χ1v) is 17.8. The normalized spacial score (nSPS) is 16.9. The van der Waals surface area contributed by atoms with Crippen LogP contribution in [0.3, 0.4) is 0 Å². The number of nitrogens with one attached hydrogen (secondary N) is 2. The zero-order valence-corrected chi connectivity index (χ0v) is 30.1. The highest BCUT2D eigenvalue weighted by molar-refractivity contribution is 7.89. The van der Waals surface area contributed by atoms with Crippen LogP contribution in [0.25, 0.3) is 0 Å². The van der Waals surface area contributed by atoms with Crippen molar-refractivity contribution in [1.29, 1.82) is 0 Å². The lowest BCUT2D eigenvalue weighted by Crippen LogP contribution is -2.50. The van der Waals surface area contributed by atoms with Crippen LogP contribution in [0.1, 0.15) is 41.2 Å². The van der Waals surface area contributed by atoms with Crippen LogP contribution in [0.5, 0.6) is 11.5 Å². The van der Waals surface area contributed by atoms with E-state index in [0.29, 0.717) is 29.4 Å². The second-order valence-electron chi connectivity index (χ2n) is 12.5. The van der Waals surface area contributed by atoms with E-state index in [-0.39, 0.29) is 47.7 Å². The van der Waals surface area contributed by atoms with Crippen molar-refractivity contribution < 1.29 is 41.1 Å². The highest BCUT2D eigenvalue weighted by atomic mass is 32.2. The van der Waals surface area contributed by atoms with Crippen LogP contribution >= 0.6 is 0 Å². The fraction of sp³-hybridized carbons (Fsp3) is 0.361. The zero-order valence-electron chi connectivity index (χ0n) is 29.3. The van der Waals surface area contributed by atoms with Crippen LogP contribution in [0.15, 0.2) is 76.1 Å². The number of likely N-dealkylation sites (N-methyl/N-ethyl adjacent to an activating group) is 1. The molecule has 0 radical (unpaired) electrons. The molecule has 1 aromatic heterocycles. The minimum atomic E-state index is -4.00. The molecule has 272 valence electrons. The number of halogens is 1. The number of rotatable bonds is 12. The second kappa shape index (κ2) is 15.9. The van der Waals surface area contributed by atoms with Gasteiger partial charge in [-0.3, -0.25) is 4.79 Å². The van der Waals surface area contributed by atoms with Crippen LogP contribution in [0.2, 0.25) is 0 Å². The fourth-order valence-electron chi connectivity index (χ4n) is 5.65. The Bertz CT molecular complexity index is 1930. The molecule has 3 atom stereocenters. The van der Waals surface area contributed by atoms with Gasteiger partial charge < -0.3 is 34.3 Å². The SMILES string of the molecule is COc1ccc(COC[C@H](C)N2C[C@@H](C)[C@H](CN(C)S(=O)(=O)c3ccc(F)cc3)Oc3ccc(NC(=O)Nc4c(C)noc4C)cc3C2=O)cc1. The quantitative estimate of drug-likeness (QED) is 0.183. The summed E-state index contributed by atoms with van der Waals surface area (Å²) in [6.45, 7) is 7.80. The molecule has 13 nitrogen and oxygen atoms in total. The number of hydrogen-bond acceptors (Lipinski definition) is 9. The standard InChI is InChI=1S/C36H42FN5O8S/c1-22-18-42(23(2)20-48-21-26-7-12-29(47-6)13-8-26)35(43)31-17-28(38-36(44)39-34-24(3)40-50-25(34)4)11-16-32(31)49-33(22)19-41(5)51(45,46)30-14-9-27(37)10-15-30/h7-17,22-23,33H,18-21H2,1-6H3,(H2,38,39,44)/t22-,23+,33+/m1/s1. The minimum absolute atomic E-state index is 0.0599. The predicted octanol–water partition coefficient (Wildman–Crippen LogP) is 5.85.